The van der Waals surface area contributed by atoms with Crippen molar-refractivity contribution in [3.8, 4) is 0 Å². The Morgan fingerprint density at radius 3 is 2.00 bits per heavy atom. The Hall–Kier alpha value is -1.72. The molecule has 114 valence electrons. The molecular formula is C14H24N2O4. The molecule has 2 atom stereocenters. The van der Waals surface area contributed by atoms with Crippen molar-refractivity contribution in [3.05, 3.63) is 0 Å². The van der Waals surface area contributed by atoms with Gasteiger partial charge in [0.2, 0.25) is 11.8 Å². The second-order valence-electron chi connectivity index (χ2n) is 5.19. The first-order valence-electron chi connectivity index (χ1n) is 6.78. The third kappa shape index (κ3) is 9.24. The Bertz CT molecular complexity index is 379. The highest BCUT2D eigenvalue weighted by Crippen LogP contribution is 2.07. The molecule has 0 aromatic carbocycles. The topological polar surface area (TPSA) is 92.3 Å². The lowest BCUT2D eigenvalue weighted by Crippen LogP contribution is -2.35. The Kier molecular flexibility index (Phi) is 8.43. The summed E-state index contributed by atoms with van der Waals surface area (Å²) in [4.78, 5) is 44.7. The minimum Gasteiger partial charge on any atom is -0.354 e. The molecule has 0 aliphatic heterocycles. The van der Waals surface area contributed by atoms with Gasteiger partial charge in [0.1, 0.15) is 11.6 Å². The van der Waals surface area contributed by atoms with Gasteiger partial charge in [-0.05, 0) is 27.2 Å². The molecular weight excluding hydrogens is 260 g/mol. The van der Waals surface area contributed by atoms with Crippen molar-refractivity contribution in [1.82, 2.24) is 10.6 Å². The smallest absolute Gasteiger partial charge is 0.220 e. The molecule has 0 spiro atoms. The SMILES string of the molecule is CC(=O)CNC(=O)CCC(=O)NC(C)CC(C)C(C)=O. The predicted molar refractivity (Wildman–Crippen MR) is 75.0 cm³/mol. The summed E-state index contributed by atoms with van der Waals surface area (Å²) in [5.41, 5.74) is 0. The van der Waals surface area contributed by atoms with Crippen LogP contribution in [0, 0.1) is 5.92 Å². The number of hydrogen-bond acceptors (Lipinski definition) is 4. The molecule has 0 aromatic rings. The highest BCUT2D eigenvalue weighted by atomic mass is 16.2. The zero-order chi connectivity index (χ0) is 15.7. The van der Waals surface area contributed by atoms with Crippen molar-refractivity contribution in [1.29, 1.82) is 0 Å². The van der Waals surface area contributed by atoms with E-state index in [1.165, 1.54) is 13.8 Å². The number of carbonyl (C=O) groups excluding carboxylic acids is 4. The lowest BCUT2D eigenvalue weighted by molar-refractivity contribution is -0.127. The van der Waals surface area contributed by atoms with Crippen LogP contribution in [0.1, 0.15) is 47.0 Å². The summed E-state index contributed by atoms with van der Waals surface area (Å²) in [7, 11) is 0. The van der Waals surface area contributed by atoms with Gasteiger partial charge in [-0.25, -0.2) is 0 Å². The summed E-state index contributed by atoms with van der Waals surface area (Å²) < 4.78 is 0. The van der Waals surface area contributed by atoms with Gasteiger partial charge in [-0.15, -0.1) is 0 Å². The molecule has 2 unspecified atom stereocenters. The number of hydrogen-bond donors (Lipinski definition) is 2. The lowest BCUT2D eigenvalue weighted by atomic mass is 9.99. The highest BCUT2D eigenvalue weighted by Gasteiger charge is 2.15. The third-order valence-electron chi connectivity index (χ3n) is 2.92. The molecule has 6 heteroatoms. The first kappa shape index (κ1) is 18.3. The van der Waals surface area contributed by atoms with E-state index in [0.29, 0.717) is 6.42 Å². The average Bonchev–Trinajstić information content (AvgIpc) is 2.33. The van der Waals surface area contributed by atoms with Crippen molar-refractivity contribution in [2.24, 2.45) is 5.92 Å². The van der Waals surface area contributed by atoms with Crippen LogP contribution in [0.3, 0.4) is 0 Å². The largest absolute Gasteiger partial charge is 0.354 e. The van der Waals surface area contributed by atoms with Crippen LogP contribution < -0.4 is 10.6 Å². The molecule has 0 heterocycles. The molecule has 0 aliphatic rings. The van der Waals surface area contributed by atoms with E-state index < -0.39 is 0 Å². The fraction of sp³-hybridized carbons (Fsp3) is 0.714. The first-order chi connectivity index (χ1) is 9.22. The minimum absolute atomic E-state index is 0.00696. The fourth-order valence-electron chi connectivity index (χ4n) is 1.64. The summed E-state index contributed by atoms with van der Waals surface area (Å²) >= 11 is 0. The fourth-order valence-corrected chi connectivity index (χ4v) is 1.64. The monoisotopic (exact) mass is 284 g/mol. The minimum atomic E-state index is -0.319. The molecule has 20 heavy (non-hydrogen) atoms. The lowest BCUT2D eigenvalue weighted by Gasteiger charge is -2.16. The van der Waals surface area contributed by atoms with E-state index in [2.05, 4.69) is 10.6 Å². The highest BCUT2D eigenvalue weighted by molar-refractivity contribution is 5.87. The summed E-state index contributed by atoms with van der Waals surface area (Å²) in [6.07, 6.45) is 0.703. The van der Waals surface area contributed by atoms with Crippen LogP contribution in [0.4, 0.5) is 0 Å². The summed E-state index contributed by atoms with van der Waals surface area (Å²) in [5.74, 6) is -0.681. The second kappa shape index (κ2) is 9.23. The van der Waals surface area contributed by atoms with Crippen LogP contribution in [0.25, 0.3) is 0 Å². The van der Waals surface area contributed by atoms with Crippen molar-refractivity contribution in [2.75, 3.05) is 6.54 Å². The zero-order valence-electron chi connectivity index (χ0n) is 12.6. The van der Waals surface area contributed by atoms with Gasteiger partial charge in [0.05, 0.1) is 6.54 Å². The third-order valence-corrected chi connectivity index (χ3v) is 2.92. The molecule has 0 bridgehead atoms. The van der Waals surface area contributed by atoms with Gasteiger partial charge in [0, 0.05) is 24.8 Å². The van der Waals surface area contributed by atoms with E-state index in [0.717, 1.165) is 0 Å². The van der Waals surface area contributed by atoms with E-state index in [1.807, 2.05) is 13.8 Å². The van der Waals surface area contributed by atoms with Crippen LogP contribution in [0.2, 0.25) is 0 Å². The first-order valence-corrected chi connectivity index (χ1v) is 6.78. The molecule has 0 radical (unpaired) electrons. The molecule has 2 amide bonds. The van der Waals surface area contributed by atoms with Crippen LogP contribution >= 0.6 is 0 Å². The summed E-state index contributed by atoms with van der Waals surface area (Å²) in [6.45, 7) is 6.55. The van der Waals surface area contributed by atoms with E-state index >= 15 is 0 Å². The molecule has 0 fully saturated rings. The molecule has 2 N–H and O–H groups in total. The predicted octanol–water partition coefficient (Wildman–Crippen LogP) is 0.592. The standard InChI is InChI=1S/C14H24N2O4/c1-9(12(4)18)7-10(2)16-14(20)6-5-13(19)15-8-11(3)17/h9-10H,5-8H2,1-4H3,(H,15,19)(H,16,20). The maximum Gasteiger partial charge on any atom is 0.220 e. The quantitative estimate of drug-likeness (QED) is 0.648. The second-order valence-corrected chi connectivity index (χ2v) is 5.19. The number of rotatable bonds is 9. The zero-order valence-corrected chi connectivity index (χ0v) is 12.6. The van der Waals surface area contributed by atoms with Crippen molar-refractivity contribution in [3.63, 3.8) is 0 Å². The van der Waals surface area contributed by atoms with Gasteiger partial charge < -0.3 is 10.6 Å². The van der Waals surface area contributed by atoms with E-state index in [1.54, 1.807) is 0 Å². The van der Waals surface area contributed by atoms with Crippen LogP contribution in [0.15, 0.2) is 0 Å². The van der Waals surface area contributed by atoms with Crippen molar-refractivity contribution < 1.29 is 19.2 Å². The van der Waals surface area contributed by atoms with Gasteiger partial charge in [-0.1, -0.05) is 6.92 Å². The van der Waals surface area contributed by atoms with Crippen LogP contribution in [-0.2, 0) is 19.2 Å². The number of Topliss-reactive ketones (excluding diaryl/α,β-unsaturated/α-hetero) is 2. The number of carbonyl (C=O) groups is 4. The van der Waals surface area contributed by atoms with Gasteiger partial charge >= 0.3 is 0 Å². The van der Waals surface area contributed by atoms with E-state index in [-0.39, 0.29) is 54.7 Å². The van der Waals surface area contributed by atoms with Gasteiger partial charge in [-0.3, -0.25) is 19.2 Å². The van der Waals surface area contributed by atoms with Crippen LogP contribution in [0.5, 0.6) is 0 Å². The number of ketones is 2. The average molecular weight is 284 g/mol. The molecule has 0 aliphatic carbocycles. The molecule has 0 saturated carbocycles. The summed E-state index contributed by atoms with van der Waals surface area (Å²) in [6, 6.07) is -0.110. The van der Waals surface area contributed by atoms with Gasteiger partial charge in [-0.2, -0.15) is 0 Å². The Morgan fingerprint density at radius 2 is 1.50 bits per heavy atom. The summed E-state index contributed by atoms with van der Waals surface area (Å²) in [5, 5.41) is 5.17. The molecule has 6 nitrogen and oxygen atoms in total. The maximum atomic E-state index is 11.6. The molecule has 0 rings (SSSR count). The van der Waals surface area contributed by atoms with Crippen molar-refractivity contribution in [2.45, 2.75) is 53.0 Å². The molecule has 0 saturated heterocycles. The number of amides is 2. The Balaban J connectivity index is 3.90. The Morgan fingerprint density at radius 1 is 0.950 bits per heavy atom. The van der Waals surface area contributed by atoms with Crippen molar-refractivity contribution >= 4 is 23.4 Å². The van der Waals surface area contributed by atoms with Gasteiger partial charge in [0.15, 0.2) is 0 Å². The molecule has 0 aromatic heterocycles. The Labute approximate surface area is 119 Å². The van der Waals surface area contributed by atoms with Crippen LogP contribution in [-0.4, -0.2) is 36.0 Å². The van der Waals surface area contributed by atoms with Gasteiger partial charge in [0.25, 0.3) is 0 Å². The van der Waals surface area contributed by atoms with E-state index in [4.69, 9.17) is 0 Å². The number of nitrogens with one attached hydrogen (secondary N) is 2. The maximum absolute atomic E-state index is 11.6. The normalized spacial score (nSPS) is 13.2. The van der Waals surface area contributed by atoms with E-state index in [9.17, 15) is 19.2 Å².